The van der Waals surface area contributed by atoms with E-state index in [1.165, 1.54) is 6.39 Å². The molecule has 0 radical (unpaired) electrons. The molecule has 0 aliphatic rings. The van der Waals surface area contributed by atoms with Crippen LogP contribution in [-0.2, 0) is 16.4 Å². The Balaban J connectivity index is 2.20. The molecule has 2 N–H and O–H groups in total. The molecule has 16 heavy (non-hydrogen) atoms. The largest absolute Gasteiger partial charge is 0.343 e. The number of nitrogens with zero attached hydrogens (tertiary/aromatic N) is 2. The normalized spacial score (nSPS) is 11.8. The molecule has 0 amide bonds. The fraction of sp³-hybridized carbons (Fsp3) is 0.750. The van der Waals surface area contributed by atoms with E-state index in [1.54, 1.807) is 0 Å². The Labute approximate surface area is 94.7 Å². The van der Waals surface area contributed by atoms with Crippen LogP contribution in [0.2, 0.25) is 0 Å². The molecule has 0 aliphatic carbocycles. The van der Waals surface area contributed by atoms with Crippen LogP contribution in [0.15, 0.2) is 10.9 Å². The lowest BCUT2D eigenvalue weighted by Crippen LogP contribution is -2.33. The highest BCUT2D eigenvalue weighted by atomic mass is 32.2. The monoisotopic (exact) mass is 248 g/mol. The van der Waals surface area contributed by atoms with Gasteiger partial charge in [-0.15, -0.1) is 0 Å². The molecule has 0 saturated heterocycles. The Morgan fingerprint density at radius 3 is 2.88 bits per heavy atom. The van der Waals surface area contributed by atoms with E-state index in [1.807, 2.05) is 6.92 Å². The van der Waals surface area contributed by atoms with Crippen LogP contribution in [0.3, 0.4) is 0 Å². The zero-order chi connectivity index (χ0) is 11.9. The smallest absolute Gasteiger partial charge is 0.213 e. The molecule has 1 aromatic heterocycles. The van der Waals surface area contributed by atoms with E-state index in [2.05, 4.69) is 24.7 Å². The molecule has 1 heterocycles. The Hall–Kier alpha value is -0.990. The van der Waals surface area contributed by atoms with E-state index in [4.69, 9.17) is 0 Å². The maximum absolute atomic E-state index is 11.4. The maximum atomic E-state index is 11.4. The van der Waals surface area contributed by atoms with Crippen LogP contribution >= 0.6 is 0 Å². The van der Waals surface area contributed by atoms with Gasteiger partial charge in [-0.2, -0.15) is 4.98 Å². The van der Waals surface area contributed by atoms with Gasteiger partial charge < -0.3 is 9.84 Å². The van der Waals surface area contributed by atoms with E-state index >= 15 is 0 Å². The van der Waals surface area contributed by atoms with Gasteiger partial charge in [0.2, 0.25) is 16.4 Å². The van der Waals surface area contributed by atoms with Crippen molar-refractivity contribution < 1.29 is 12.9 Å². The lowest BCUT2D eigenvalue weighted by atomic mass is 10.4. The third kappa shape index (κ3) is 5.19. The standard InChI is InChI=1S/C8H16N4O3S/c1-2-9-5-6-16(13,14)11-4-3-8-10-7-15-12-8/h7,9,11H,2-6H2,1H3. The minimum atomic E-state index is -3.21. The van der Waals surface area contributed by atoms with Crippen LogP contribution in [-0.4, -0.2) is 43.9 Å². The van der Waals surface area contributed by atoms with Gasteiger partial charge in [-0.1, -0.05) is 12.1 Å². The van der Waals surface area contributed by atoms with E-state index in [0.717, 1.165) is 6.54 Å². The van der Waals surface area contributed by atoms with Gasteiger partial charge in [0.05, 0.1) is 5.75 Å². The third-order valence-electron chi connectivity index (χ3n) is 1.88. The maximum Gasteiger partial charge on any atom is 0.213 e. The lowest BCUT2D eigenvalue weighted by molar-refractivity contribution is 0.410. The Morgan fingerprint density at radius 2 is 2.25 bits per heavy atom. The SMILES string of the molecule is CCNCCS(=O)(=O)NCCc1ncon1. The van der Waals surface area contributed by atoms with Crippen molar-refractivity contribution >= 4 is 10.0 Å². The van der Waals surface area contributed by atoms with Gasteiger partial charge in [0, 0.05) is 19.5 Å². The van der Waals surface area contributed by atoms with Crippen LogP contribution < -0.4 is 10.0 Å². The van der Waals surface area contributed by atoms with E-state index in [0.29, 0.717) is 18.8 Å². The summed E-state index contributed by atoms with van der Waals surface area (Å²) in [5.41, 5.74) is 0. The number of hydrogen-bond donors (Lipinski definition) is 2. The second-order valence-corrected chi connectivity index (χ2v) is 5.09. The van der Waals surface area contributed by atoms with Gasteiger partial charge >= 0.3 is 0 Å². The highest BCUT2D eigenvalue weighted by Gasteiger charge is 2.09. The molecule has 8 heteroatoms. The first-order valence-corrected chi connectivity index (χ1v) is 6.72. The molecule has 0 fully saturated rings. The molecular formula is C8H16N4O3S. The van der Waals surface area contributed by atoms with Crippen molar-refractivity contribution in [3.05, 3.63) is 12.2 Å². The highest BCUT2D eigenvalue weighted by Crippen LogP contribution is 1.90. The predicted molar refractivity (Wildman–Crippen MR) is 58.3 cm³/mol. The van der Waals surface area contributed by atoms with E-state index in [-0.39, 0.29) is 12.3 Å². The molecule has 0 unspecified atom stereocenters. The first-order chi connectivity index (χ1) is 7.64. The number of sulfonamides is 1. The van der Waals surface area contributed by atoms with Crippen molar-refractivity contribution in [1.29, 1.82) is 0 Å². The first-order valence-electron chi connectivity index (χ1n) is 5.07. The minimum absolute atomic E-state index is 0.0765. The summed E-state index contributed by atoms with van der Waals surface area (Å²) in [5.74, 6) is 0.571. The predicted octanol–water partition coefficient (Wildman–Crippen LogP) is -0.859. The average molecular weight is 248 g/mol. The Kier molecular flexibility index (Phi) is 5.36. The van der Waals surface area contributed by atoms with E-state index < -0.39 is 10.0 Å². The van der Waals surface area contributed by atoms with Crippen molar-refractivity contribution in [3.8, 4) is 0 Å². The van der Waals surface area contributed by atoms with Gasteiger partial charge in [-0.3, -0.25) is 0 Å². The van der Waals surface area contributed by atoms with Crippen LogP contribution in [0.25, 0.3) is 0 Å². The quantitative estimate of drug-likeness (QED) is 0.581. The molecule has 7 nitrogen and oxygen atoms in total. The number of nitrogens with one attached hydrogen (secondary N) is 2. The summed E-state index contributed by atoms with van der Waals surface area (Å²) in [7, 11) is -3.21. The van der Waals surface area contributed by atoms with Gasteiger partial charge in [-0.25, -0.2) is 13.1 Å². The first kappa shape index (κ1) is 13.1. The topological polar surface area (TPSA) is 97.1 Å². The van der Waals surface area contributed by atoms with Crippen LogP contribution in [0, 0.1) is 0 Å². The lowest BCUT2D eigenvalue weighted by Gasteiger charge is -2.05. The second-order valence-electron chi connectivity index (χ2n) is 3.16. The van der Waals surface area contributed by atoms with Crippen LogP contribution in [0.1, 0.15) is 12.7 Å². The summed E-state index contributed by atoms with van der Waals surface area (Å²) >= 11 is 0. The molecule has 0 aromatic carbocycles. The summed E-state index contributed by atoms with van der Waals surface area (Å²) in [6, 6.07) is 0. The van der Waals surface area contributed by atoms with Gasteiger partial charge in [-0.05, 0) is 6.54 Å². The Morgan fingerprint density at radius 1 is 1.44 bits per heavy atom. The summed E-state index contributed by atoms with van der Waals surface area (Å²) in [4.78, 5) is 3.79. The minimum Gasteiger partial charge on any atom is -0.343 e. The van der Waals surface area contributed by atoms with Crippen molar-refractivity contribution in [2.75, 3.05) is 25.4 Å². The van der Waals surface area contributed by atoms with Crippen LogP contribution in [0.5, 0.6) is 0 Å². The molecule has 1 rings (SSSR count). The fourth-order valence-electron chi connectivity index (χ4n) is 1.08. The number of aromatic nitrogens is 2. The summed E-state index contributed by atoms with van der Waals surface area (Å²) < 4.78 is 29.8. The van der Waals surface area contributed by atoms with Gasteiger partial charge in [0.1, 0.15) is 0 Å². The van der Waals surface area contributed by atoms with Crippen molar-refractivity contribution in [2.24, 2.45) is 0 Å². The summed E-state index contributed by atoms with van der Waals surface area (Å²) in [6.45, 7) is 3.43. The van der Waals surface area contributed by atoms with Crippen molar-refractivity contribution in [1.82, 2.24) is 20.2 Å². The highest BCUT2D eigenvalue weighted by molar-refractivity contribution is 7.89. The zero-order valence-electron chi connectivity index (χ0n) is 9.14. The molecular weight excluding hydrogens is 232 g/mol. The fourth-order valence-corrected chi connectivity index (χ4v) is 2.05. The molecule has 0 aliphatic heterocycles. The van der Waals surface area contributed by atoms with Crippen LogP contribution in [0.4, 0.5) is 0 Å². The summed E-state index contributed by atoms with van der Waals surface area (Å²) in [6.07, 6.45) is 1.64. The number of hydrogen-bond acceptors (Lipinski definition) is 6. The average Bonchev–Trinajstić information content (AvgIpc) is 2.70. The van der Waals surface area contributed by atoms with Crippen molar-refractivity contribution in [2.45, 2.75) is 13.3 Å². The van der Waals surface area contributed by atoms with E-state index in [9.17, 15) is 8.42 Å². The third-order valence-corrected chi connectivity index (χ3v) is 3.26. The van der Waals surface area contributed by atoms with Gasteiger partial charge in [0.15, 0.2) is 5.82 Å². The molecule has 92 valence electrons. The van der Waals surface area contributed by atoms with Crippen molar-refractivity contribution in [3.63, 3.8) is 0 Å². The number of rotatable bonds is 8. The molecule has 0 atom stereocenters. The zero-order valence-corrected chi connectivity index (χ0v) is 9.96. The molecule has 0 spiro atoms. The Bertz CT molecular complexity index is 376. The molecule has 0 saturated carbocycles. The summed E-state index contributed by atoms with van der Waals surface area (Å²) in [5, 5.41) is 6.53. The molecule has 0 bridgehead atoms. The second kappa shape index (κ2) is 6.56. The molecule has 1 aromatic rings. The van der Waals surface area contributed by atoms with Gasteiger partial charge in [0.25, 0.3) is 0 Å².